The van der Waals surface area contributed by atoms with Gasteiger partial charge in [-0.3, -0.25) is 4.79 Å². The van der Waals surface area contributed by atoms with Gasteiger partial charge in [0.05, 0.1) is 0 Å². The second kappa shape index (κ2) is 6.81. The van der Waals surface area contributed by atoms with E-state index in [1.807, 2.05) is 37.3 Å². The minimum Gasteiger partial charge on any atom is -0.487 e. The highest BCUT2D eigenvalue weighted by molar-refractivity contribution is 5.75. The Morgan fingerprint density at radius 1 is 1.33 bits per heavy atom. The predicted molar refractivity (Wildman–Crippen MR) is 70.3 cm³/mol. The van der Waals surface area contributed by atoms with E-state index in [0.29, 0.717) is 5.75 Å². The molecule has 0 aliphatic rings. The highest BCUT2D eigenvalue weighted by Gasteiger charge is 2.21. The monoisotopic (exact) mass is 249 g/mol. The molecule has 4 nitrogen and oxygen atoms in total. The molecule has 0 unspecified atom stereocenters. The van der Waals surface area contributed by atoms with Gasteiger partial charge in [-0.2, -0.15) is 0 Å². The van der Waals surface area contributed by atoms with Crippen LogP contribution in [0.15, 0.2) is 43.0 Å². The van der Waals surface area contributed by atoms with Crippen LogP contribution in [-0.4, -0.2) is 24.2 Å². The normalized spacial score (nSPS) is 15.3. The summed E-state index contributed by atoms with van der Waals surface area (Å²) < 4.78 is 10.8. The van der Waals surface area contributed by atoms with Crippen molar-refractivity contribution in [2.24, 2.45) is 5.73 Å². The van der Waals surface area contributed by atoms with Crippen LogP contribution in [-0.2, 0) is 9.53 Å². The number of esters is 1. The van der Waals surface area contributed by atoms with Crippen molar-refractivity contribution in [3.8, 4) is 5.75 Å². The average Bonchev–Trinajstić information content (AvgIpc) is 2.36. The van der Waals surface area contributed by atoms with Gasteiger partial charge in [0, 0.05) is 0 Å². The van der Waals surface area contributed by atoms with Gasteiger partial charge in [-0.05, 0) is 32.1 Å². The third-order valence-electron chi connectivity index (χ3n) is 2.38. The summed E-state index contributed by atoms with van der Waals surface area (Å²) in [5, 5.41) is 0. The van der Waals surface area contributed by atoms with Crippen LogP contribution in [0.1, 0.15) is 13.8 Å². The zero-order valence-corrected chi connectivity index (χ0v) is 10.7. The van der Waals surface area contributed by atoms with Crippen LogP contribution in [0.4, 0.5) is 0 Å². The van der Waals surface area contributed by atoms with Crippen molar-refractivity contribution in [1.82, 2.24) is 0 Å². The summed E-state index contributed by atoms with van der Waals surface area (Å²) in [4.78, 5) is 11.4. The Balaban J connectivity index is 2.60. The van der Waals surface area contributed by atoms with Gasteiger partial charge in [-0.1, -0.05) is 24.8 Å². The van der Waals surface area contributed by atoms with Crippen LogP contribution in [0.3, 0.4) is 0 Å². The number of nitrogens with two attached hydrogens (primary N) is 1. The Morgan fingerprint density at radius 2 is 1.94 bits per heavy atom. The summed E-state index contributed by atoms with van der Waals surface area (Å²) in [6.07, 6.45) is 0.685. The van der Waals surface area contributed by atoms with Gasteiger partial charge < -0.3 is 15.2 Å². The van der Waals surface area contributed by atoms with Gasteiger partial charge in [0.25, 0.3) is 0 Å². The summed E-state index contributed by atoms with van der Waals surface area (Å²) in [5.41, 5.74) is 5.44. The molecule has 0 aliphatic carbocycles. The summed E-state index contributed by atoms with van der Waals surface area (Å²) >= 11 is 0. The number of para-hydroxylation sites is 1. The number of rotatable bonds is 6. The van der Waals surface area contributed by atoms with Crippen molar-refractivity contribution in [3.05, 3.63) is 43.0 Å². The van der Waals surface area contributed by atoms with Crippen molar-refractivity contribution in [2.75, 3.05) is 0 Å². The van der Waals surface area contributed by atoms with Gasteiger partial charge in [0.1, 0.15) is 17.9 Å². The molecule has 3 atom stereocenters. The van der Waals surface area contributed by atoms with E-state index in [2.05, 4.69) is 6.58 Å². The first-order valence-corrected chi connectivity index (χ1v) is 5.85. The molecule has 1 aromatic carbocycles. The SMILES string of the molecule is C=C[C@@H](OC(=O)[C@H](C)N)[C@H](C)Oc1ccccc1. The van der Waals surface area contributed by atoms with E-state index >= 15 is 0 Å². The Kier molecular flexibility index (Phi) is 5.39. The van der Waals surface area contributed by atoms with E-state index in [1.165, 1.54) is 6.08 Å². The number of hydrogen-bond acceptors (Lipinski definition) is 4. The van der Waals surface area contributed by atoms with Gasteiger partial charge in [0.2, 0.25) is 0 Å². The molecule has 0 aliphatic heterocycles. The number of ether oxygens (including phenoxy) is 2. The van der Waals surface area contributed by atoms with Gasteiger partial charge >= 0.3 is 5.97 Å². The van der Waals surface area contributed by atoms with E-state index in [1.54, 1.807) is 6.92 Å². The largest absolute Gasteiger partial charge is 0.487 e. The second-order valence-corrected chi connectivity index (χ2v) is 4.06. The molecule has 98 valence electrons. The molecule has 2 N–H and O–H groups in total. The Morgan fingerprint density at radius 3 is 2.44 bits per heavy atom. The van der Waals surface area contributed by atoms with Gasteiger partial charge in [-0.15, -0.1) is 0 Å². The molecule has 0 radical (unpaired) electrons. The first kappa shape index (κ1) is 14.3. The van der Waals surface area contributed by atoms with E-state index in [0.717, 1.165) is 0 Å². The lowest BCUT2D eigenvalue weighted by atomic mass is 10.2. The van der Waals surface area contributed by atoms with E-state index in [-0.39, 0.29) is 6.10 Å². The van der Waals surface area contributed by atoms with Crippen molar-refractivity contribution in [3.63, 3.8) is 0 Å². The van der Waals surface area contributed by atoms with Crippen molar-refractivity contribution < 1.29 is 14.3 Å². The van der Waals surface area contributed by atoms with Crippen molar-refractivity contribution in [2.45, 2.75) is 32.1 Å². The number of carbonyl (C=O) groups excluding carboxylic acids is 1. The maximum atomic E-state index is 11.4. The minimum absolute atomic E-state index is 0.326. The molecule has 0 saturated heterocycles. The Labute approximate surface area is 107 Å². The lowest BCUT2D eigenvalue weighted by Crippen LogP contribution is -2.37. The minimum atomic E-state index is -0.656. The van der Waals surface area contributed by atoms with E-state index in [4.69, 9.17) is 15.2 Å². The molecule has 0 heterocycles. The van der Waals surface area contributed by atoms with E-state index in [9.17, 15) is 4.79 Å². The summed E-state index contributed by atoms with van der Waals surface area (Å²) in [6.45, 7) is 7.03. The first-order chi connectivity index (χ1) is 8.54. The molecule has 0 fully saturated rings. The standard InChI is InChI=1S/C14H19NO3/c1-4-13(18-14(16)10(2)15)11(3)17-12-8-6-5-7-9-12/h4-11,13H,1,15H2,2-3H3/t10-,11-,13+/m0/s1. The molecule has 18 heavy (non-hydrogen) atoms. The lowest BCUT2D eigenvalue weighted by Gasteiger charge is -2.23. The Hall–Kier alpha value is -1.81. The van der Waals surface area contributed by atoms with Crippen molar-refractivity contribution in [1.29, 1.82) is 0 Å². The predicted octanol–water partition coefficient (Wildman–Crippen LogP) is 1.90. The third kappa shape index (κ3) is 4.22. The molecule has 0 spiro atoms. The molecular formula is C14H19NO3. The average molecular weight is 249 g/mol. The van der Waals surface area contributed by atoms with Crippen molar-refractivity contribution >= 4 is 5.97 Å². The fraction of sp³-hybridized carbons (Fsp3) is 0.357. The molecule has 4 heteroatoms. The smallest absolute Gasteiger partial charge is 0.323 e. The van der Waals surface area contributed by atoms with Crippen LogP contribution in [0.5, 0.6) is 5.75 Å². The zero-order chi connectivity index (χ0) is 13.5. The number of hydrogen-bond donors (Lipinski definition) is 1. The van der Waals surface area contributed by atoms with Crippen LogP contribution < -0.4 is 10.5 Å². The Bertz CT molecular complexity index is 389. The maximum Gasteiger partial charge on any atom is 0.323 e. The van der Waals surface area contributed by atoms with Gasteiger partial charge in [-0.25, -0.2) is 0 Å². The third-order valence-corrected chi connectivity index (χ3v) is 2.38. The quantitative estimate of drug-likeness (QED) is 0.618. The highest BCUT2D eigenvalue weighted by atomic mass is 16.6. The summed E-state index contributed by atoms with van der Waals surface area (Å²) in [7, 11) is 0. The van der Waals surface area contributed by atoms with Crippen LogP contribution >= 0.6 is 0 Å². The highest BCUT2D eigenvalue weighted by Crippen LogP contribution is 2.14. The molecule has 0 amide bonds. The van der Waals surface area contributed by atoms with E-state index < -0.39 is 18.1 Å². The molecule has 0 saturated carbocycles. The molecule has 1 rings (SSSR count). The summed E-state index contributed by atoms with van der Waals surface area (Å²) in [5.74, 6) is 0.247. The van der Waals surface area contributed by atoms with Crippen LogP contribution in [0.2, 0.25) is 0 Å². The molecule has 0 bridgehead atoms. The van der Waals surface area contributed by atoms with Gasteiger partial charge in [0.15, 0.2) is 6.10 Å². The second-order valence-electron chi connectivity index (χ2n) is 4.06. The summed E-state index contributed by atoms with van der Waals surface area (Å²) in [6, 6.07) is 8.67. The molecule has 0 aromatic heterocycles. The maximum absolute atomic E-state index is 11.4. The lowest BCUT2D eigenvalue weighted by molar-refractivity contribution is -0.151. The number of carbonyl (C=O) groups is 1. The van der Waals surface area contributed by atoms with Crippen LogP contribution in [0, 0.1) is 0 Å². The number of benzene rings is 1. The first-order valence-electron chi connectivity index (χ1n) is 5.85. The fourth-order valence-corrected chi connectivity index (χ4v) is 1.36. The topological polar surface area (TPSA) is 61.5 Å². The molecule has 1 aromatic rings. The zero-order valence-electron chi connectivity index (χ0n) is 10.7. The van der Waals surface area contributed by atoms with Crippen LogP contribution in [0.25, 0.3) is 0 Å². The molecular weight excluding hydrogens is 230 g/mol. The fourth-order valence-electron chi connectivity index (χ4n) is 1.36.